The van der Waals surface area contributed by atoms with E-state index in [1.807, 2.05) is 31.2 Å². The first kappa shape index (κ1) is 11.8. The lowest BCUT2D eigenvalue weighted by molar-refractivity contribution is 0.152. The van der Waals surface area contributed by atoms with Gasteiger partial charge in [-0.2, -0.15) is 0 Å². The second-order valence-electron chi connectivity index (χ2n) is 2.39. The monoisotopic (exact) mass is 183 g/mol. The smallest absolute Gasteiger partial charge is 0.407 e. The molecule has 0 atom stereocenters. The van der Waals surface area contributed by atoms with Gasteiger partial charge >= 0.3 is 6.09 Å². The highest BCUT2D eigenvalue weighted by molar-refractivity contribution is 5.66. The van der Waals surface area contributed by atoms with Crippen LogP contribution in [-0.4, -0.2) is 19.2 Å². The van der Waals surface area contributed by atoms with Crippen LogP contribution in [0.4, 0.5) is 4.79 Å². The highest BCUT2D eigenvalue weighted by Gasteiger charge is 1.95. The molecule has 0 aromatic heterocycles. The van der Waals surface area contributed by atoms with Gasteiger partial charge in [0.25, 0.3) is 0 Å². The molecule has 0 aromatic rings. The van der Waals surface area contributed by atoms with Crippen LogP contribution in [-0.2, 0) is 4.74 Å². The van der Waals surface area contributed by atoms with Crippen molar-refractivity contribution >= 4 is 6.09 Å². The van der Waals surface area contributed by atoms with Gasteiger partial charge in [-0.3, -0.25) is 0 Å². The Labute approximate surface area is 79.5 Å². The summed E-state index contributed by atoms with van der Waals surface area (Å²) in [7, 11) is 0. The van der Waals surface area contributed by atoms with Crippen molar-refractivity contribution in [2.45, 2.75) is 20.3 Å². The molecule has 0 rings (SSSR count). The number of carbonyl (C=O) groups is 1. The summed E-state index contributed by atoms with van der Waals surface area (Å²) in [5.41, 5.74) is 0. The van der Waals surface area contributed by atoms with Crippen LogP contribution in [0.5, 0.6) is 0 Å². The molecule has 0 unspecified atom stereocenters. The maximum absolute atomic E-state index is 10.8. The largest absolute Gasteiger partial charge is 0.450 e. The number of allylic oxidation sites excluding steroid dienone is 3. The van der Waals surface area contributed by atoms with Crippen LogP contribution in [0, 0.1) is 0 Å². The average Bonchev–Trinajstić information content (AvgIpc) is 2.11. The van der Waals surface area contributed by atoms with Gasteiger partial charge in [-0.05, 0) is 20.3 Å². The van der Waals surface area contributed by atoms with Crippen molar-refractivity contribution in [2.24, 2.45) is 0 Å². The van der Waals surface area contributed by atoms with Gasteiger partial charge in [0.1, 0.15) is 0 Å². The highest BCUT2D eigenvalue weighted by Crippen LogP contribution is 1.83. The molecular weight excluding hydrogens is 166 g/mol. The molecule has 0 aliphatic carbocycles. The Morgan fingerprint density at radius 2 is 2.23 bits per heavy atom. The molecule has 0 bridgehead atoms. The van der Waals surface area contributed by atoms with Crippen LogP contribution in [0.1, 0.15) is 20.3 Å². The Morgan fingerprint density at radius 3 is 2.85 bits per heavy atom. The number of hydrogen-bond donors (Lipinski definition) is 1. The van der Waals surface area contributed by atoms with Gasteiger partial charge in [0, 0.05) is 6.54 Å². The molecule has 0 fully saturated rings. The summed E-state index contributed by atoms with van der Waals surface area (Å²) in [6.07, 6.45) is 8.32. The molecule has 0 aliphatic heterocycles. The quantitative estimate of drug-likeness (QED) is 0.524. The van der Waals surface area contributed by atoms with E-state index in [-0.39, 0.29) is 6.09 Å². The zero-order valence-corrected chi connectivity index (χ0v) is 8.25. The lowest BCUT2D eigenvalue weighted by Crippen LogP contribution is -2.24. The normalized spacial score (nSPS) is 10.9. The number of nitrogens with one attached hydrogen (secondary N) is 1. The first-order valence-corrected chi connectivity index (χ1v) is 4.49. The second-order valence-corrected chi connectivity index (χ2v) is 2.39. The standard InChI is InChI=1S/C10H17NO2/c1-3-5-6-7-8-9-11-10(12)13-4-2/h3,5-7H,4,8-9H2,1-2H3,(H,11,12). The Morgan fingerprint density at radius 1 is 1.46 bits per heavy atom. The molecule has 1 N–H and O–H groups in total. The fourth-order valence-corrected chi connectivity index (χ4v) is 0.726. The summed E-state index contributed by atoms with van der Waals surface area (Å²) in [6.45, 7) is 4.78. The molecule has 0 aromatic carbocycles. The van der Waals surface area contributed by atoms with Crippen molar-refractivity contribution in [2.75, 3.05) is 13.2 Å². The molecule has 0 heterocycles. The maximum atomic E-state index is 10.8. The van der Waals surface area contributed by atoms with E-state index in [2.05, 4.69) is 10.1 Å². The molecular formula is C10H17NO2. The molecule has 3 heteroatoms. The lowest BCUT2D eigenvalue weighted by atomic mass is 10.3. The Hall–Kier alpha value is -1.25. The molecule has 0 radical (unpaired) electrons. The van der Waals surface area contributed by atoms with Crippen LogP contribution in [0.25, 0.3) is 0 Å². The fourth-order valence-electron chi connectivity index (χ4n) is 0.726. The van der Waals surface area contributed by atoms with Crippen molar-refractivity contribution < 1.29 is 9.53 Å². The van der Waals surface area contributed by atoms with Crippen molar-refractivity contribution in [3.05, 3.63) is 24.3 Å². The molecule has 1 amide bonds. The minimum absolute atomic E-state index is 0.345. The van der Waals surface area contributed by atoms with Crippen LogP contribution in [0.2, 0.25) is 0 Å². The highest BCUT2D eigenvalue weighted by atomic mass is 16.5. The van der Waals surface area contributed by atoms with E-state index in [0.29, 0.717) is 13.2 Å². The number of rotatable bonds is 5. The third-order valence-electron chi connectivity index (χ3n) is 1.30. The van der Waals surface area contributed by atoms with Gasteiger partial charge < -0.3 is 10.1 Å². The number of amides is 1. The molecule has 0 aliphatic rings. The molecule has 74 valence electrons. The number of hydrogen-bond acceptors (Lipinski definition) is 2. The summed E-state index contributed by atoms with van der Waals surface area (Å²) in [4.78, 5) is 10.8. The molecule has 0 saturated carbocycles. The Kier molecular flexibility index (Phi) is 7.99. The predicted molar refractivity (Wildman–Crippen MR) is 53.6 cm³/mol. The van der Waals surface area contributed by atoms with Crippen molar-refractivity contribution in [3.8, 4) is 0 Å². The van der Waals surface area contributed by atoms with Crippen LogP contribution < -0.4 is 5.32 Å². The molecule has 0 spiro atoms. The summed E-state index contributed by atoms with van der Waals surface area (Å²) < 4.78 is 4.68. The van der Waals surface area contributed by atoms with Gasteiger partial charge in [-0.15, -0.1) is 0 Å². The molecule has 0 saturated heterocycles. The second kappa shape index (κ2) is 8.84. The van der Waals surface area contributed by atoms with E-state index in [1.165, 1.54) is 0 Å². The number of carbonyl (C=O) groups excluding carboxylic acids is 1. The van der Waals surface area contributed by atoms with Crippen LogP contribution >= 0.6 is 0 Å². The van der Waals surface area contributed by atoms with Crippen LogP contribution in [0.3, 0.4) is 0 Å². The summed E-state index contributed by atoms with van der Waals surface area (Å²) in [5.74, 6) is 0. The van der Waals surface area contributed by atoms with Crippen molar-refractivity contribution in [3.63, 3.8) is 0 Å². The van der Waals surface area contributed by atoms with E-state index in [9.17, 15) is 4.79 Å². The predicted octanol–water partition coefficient (Wildman–Crippen LogP) is 2.25. The van der Waals surface area contributed by atoms with Crippen LogP contribution in [0.15, 0.2) is 24.3 Å². The van der Waals surface area contributed by atoms with Gasteiger partial charge in [-0.25, -0.2) is 4.79 Å². The number of ether oxygens (including phenoxy) is 1. The van der Waals surface area contributed by atoms with E-state index >= 15 is 0 Å². The van der Waals surface area contributed by atoms with E-state index in [0.717, 1.165) is 6.42 Å². The van der Waals surface area contributed by atoms with Gasteiger partial charge in [0.05, 0.1) is 6.61 Å². The topological polar surface area (TPSA) is 38.3 Å². The molecule has 13 heavy (non-hydrogen) atoms. The maximum Gasteiger partial charge on any atom is 0.407 e. The SMILES string of the molecule is CC=CC=CCCNC(=O)OCC. The number of alkyl carbamates (subject to hydrolysis) is 1. The summed E-state index contributed by atoms with van der Waals surface area (Å²) in [5, 5.41) is 2.62. The van der Waals surface area contributed by atoms with Gasteiger partial charge in [0.15, 0.2) is 0 Å². The van der Waals surface area contributed by atoms with E-state index in [4.69, 9.17) is 0 Å². The first-order valence-electron chi connectivity index (χ1n) is 4.49. The fraction of sp³-hybridized carbons (Fsp3) is 0.500. The first-order chi connectivity index (χ1) is 6.31. The zero-order chi connectivity index (χ0) is 9.94. The van der Waals surface area contributed by atoms with Crippen molar-refractivity contribution in [1.82, 2.24) is 5.32 Å². The average molecular weight is 183 g/mol. The minimum Gasteiger partial charge on any atom is -0.450 e. The van der Waals surface area contributed by atoms with E-state index < -0.39 is 0 Å². The Balaban J connectivity index is 3.29. The van der Waals surface area contributed by atoms with Gasteiger partial charge in [-0.1, -0.05) is 24.3 Å². The zero-order valence-electron chi connectivity index (χ0n) is 8.25. The molecule has 3 nitrogen and oxygen atoms in total. The van der Waals surface area contributed by atoms with Crippen molar-refractivity contribution in [1.29, 1.82) is 0 Å². The summed E-state index contributed by atoms with van der Waals surface area (Å²) in [6, 6.07) is 0. The summed E-state index contributed by atoms with van der Waals surface area (Å²) >= 11 is 0. The Bertz CT molecular complexity index is 185. The van der Waals surface area contributed by atoms with E-state index in [1.54, 1.807) is 6.92 Å². The minimum atomic E-state index is -0.345. The third-order valence-corrected chi connectivity index (χ3v) is 1.30. The van der Waals surface area contributed by atoms with Gasteiger partial charge in [0.2, 0.25) is 0 Å². The third kappa shape index (κ3) is 8.66. The lowest BCUT2D eigenvalue weighted by Gasteiger charge is -2.01.